The standard InChI is InChI=1S/C43H54ClN5O9S/c1-43(2,3)58-42(53)48-22-20-28(21-23-48)16-19-34(47-59(4,54)55)41(52)49-26-32(56-27-30-14-17-31(44)18-15-30)25-36(49)39(51)45-35(24-29-10-6-5-7-11-29)38(50)40-46-33-12-8-9-13-37(33)57-40/h5-15,17-18,28,32,34-36,38,47,50H,16,19-27H2,1-4H3,(H,45,51)/t32-,34-,35+,36+,38?/m1/s1. The number of benzene rings is 3. The lowest BCUT2D eigenvalue weighted by atomic mass is 9.90. The molecule has 2 saturated heterocycles. The minimum atomic E-state index is -3.86. The molecule has 5 atom stereocenters. The number of nitrogens with one attached hydrogen (secondary N) is 2. The van der Waals surface area contributed by atoms with Crippen LogP contribution in [0.2, 0.25) is 5.02 Å². The van der Waals surface area contributed by atoms with E-state index in [2.05, 4.69) is 15.0 Å². The lowest BCUT2D eigenvalue weighted by Crippen LogP contribution is -2.55. The number of likely N-dealkylation sites (tertiary alicyclic amines) is 2. The Morgan fingerprint density at radius 2 is 1.66 bits per heavy atom. The first-order valence-electron chi connectivity index (χ1n) is 20.0. The van der Waals surface area contributed by atoms with Gasteiger partial charge in [0.15, 0.2) is 11.7 Å². The second-order valence-electron chi connectivity index (χ2n) is 16.5. The Balaban J connectivity index is 1.21. The number of piperidine rings is 1. The van der Waals surface area contributed by atoms with Gasteiger partial charge in [0, 0.05) is 31.1 Å². The highest BCUT2D eigenvalue weighted by molar-refractivity contribution is 7.88. The molecule has 4 aromatic rings. The average Bonchev–Trinajstić information content (AvgIpc) is 3.83. The average molecular weight is 852 g/mol. The Labute approximate surface area is 350 Å². The Morgan fingerprint density at radius 3 is 2.32 bits per heavy atom. The summed E-state index contributed by atoms with van der Waals surface area (Å²) >= 11 is 6.09. The fraction of sp³-hybridized carbons (Fsp3) is 0.488. The summed E-state index contributed by atoms with van der Waals surface area (Å²) in [5, 5.41) is 15.3. The first kappa shape index (κ1) is 44.0. The number of carbonyl (C=O) groups is 3. The van der Waals surface area contributed by atoms with Gasteiger partial charge in [0.25, 0.3) is 0 Å². The number of aliphatic hydroxyl groups excluding tert-OH is 1. The zero-order chi connectivity index (χ0) is 42.3. The summed E-state index contributed by atoms with van der Waals surface area (Å²) < 4.78 is 45.7. The van der Waals surface area contributed by atoms with Gasteiger partial charge in [-0.05, 0) is 94.2 Å². The molecule has 0 saturated carbocycles. The van der Waals surface area contributed by atoms with Crippen molar-refractivity contribution in [2.45, 2.75) is 102 Å². The van der Waals surface area contributed by atoms with Gasteiger partial charge in [0.1, 0.15) is 23.2 Å². The first-order chi connectivity index (χ1) is 28.0. The van der Waals surface area contributed by atoms with Crippen LogP contribution in [0.4, 0.5) is 4.79 Å². The molecular weight excluding hydrogens is 798 g/mol. The van der Waals surface area contributed by atoms with Crippen molar-refractivity contribution in [3.8, 4) is 0 Å². The summed E-state index contributed by atoms with van der Waals surface area (Å²) in [6.07, 6.45) is 1.06. The number of amides is 3. The number of aromatic nitrogens is 1. The van der Waals surface area contributed by atoms with Crippen LogP contribution in [0.3, 0.4) is 0 Å². The van der Waals surface area contributed by atoms with Gasteiger partial charge in [-0.25, -0.2) is 22.9 Å². The lowest BCUT2D eigenvalue weighted by Gasteiger charge is -2.34. The topological polar surface area (TPSA) is 181 Å². The summed E-state index contributed by atoms with van der Waals surface area (Å²) in [5.74, 6) is -0.936. The highest BCUT2D eigenvalue weighted by Gasteiger charge is 2.44. The predicted molar refractivity (Wildman–Crippen MR) is 223 cm³/mol. The molecule has 3 aromatic carbocycles. The van der Waals surface area contributed by atoms with Crippen molar-refractivity contribution in [2.24, 2.45) is 5.92 Å². The number of carbonyl (C=O) groups excluding carboxylic acids is 3. The van der Waals surface area contributed by atoms with Crippen molar-refractivity contribution in [1.29, 1.82) is 0 Å². The summed E-state index contributed by atoms with van der Waals surface area (Å²) in [6, 6.07) is 20.5. The molecule has 2 aliphatic heterocycles. The van der Waals surface area contributed by atoms with Crippen LogP contribution >= 0.6 is 11.6 Å². The molecule has 0 bridgehead atoms. The molecule has 1 unspecified atom stereocenters. The zero-order valence-corrected chi connectivity index (χ0v) is 35.5. The van der Waals surface area contributed by atoms with Gasteiger partial charge >= 0.3 is 6.09 Å². The SMILES string of the molecule is CC(C)(C)OC(=O)N1CCC(CC[C@@H](NS(C)(=O)=O)C(=O)N2C[C@H](OCc3ccc(Cl)cc3)C[C@H]2C(=O)N[C@@H](Cc2ccccc2)C(O)c2nc3ccccc3o2)CC1. The third-order valence-electron chi connectivity index (χ3n) is 10.6. The van der Waals surface area contributed by atoms with Gasteiger partial charge in [-0.2, -0.15) is 0 Å². The van der Waals surface area contributed by atoms with Crippen LogP contribution < -0.4 is 10.0 Å². The smallest absolute Gasteiger partial charge is 0.410 e. The van der Waals surface area contributed by atoms with Crippen molar-refractivity contribution >= 4 is 50.6 Å². The van der Waals surface area contributed by atoms with Crippen LogP contribution in [0.1, 0.15) is 76.0 Å². The number of nitrogens with zero attached hydrogens (tertiary/aromatic N) is 3. The molecule has 0 radical (unpaired) electrons. The summed E-state index contributed by atoms with van der Waals surface area (Å²) in [7, 11) is -3.86. The maximum absolute atomic E-state index is 14.6. The van der Waals surface area contributed by atoms with Crippen LogP contribution in [0.15, 0.2) is 83.3 Å². The molecule has 1 aromatic heterocycles. The second-order valence-corrected chi connectivity index (χ2v) is 18.7. The number of rotatable bonds is 15. The zero-order valence-electron chi connectivity index (χ0n) is 33.9. The number of oxazole rings is 1. The summed E-state index contributed by atoms with van der Waals surface area (Å²) in [5.41, 5.74) is 2.11. The number of ether oxygens (including phenoxy) is 2. The molecule has 6 rings (SSSR count). The van der Waals surface area contributed by atoms with Crippen molar-refractivity contribution in [1.82, 2.24) is 24.8 Å². The predicted octanol–water partition coefficient (Wildman–Crippen LogP) is 5.77. The van der Waals surface area contributed by atoms with E-state index in [4.69, 9.17) is 25.5 Å². The Kier molecular flexibility index (Phi) is 14.4. The fourth-order valence-electron chi connectivity index (χ4n) is 7.61. The highest BCUT2D eigenvalue weighted by atomic mass is 35.5. The molecule has 2 aliphatic rings. The van der Waals surface area contributed by atoms with E-state index in [1.165, 1.54) is 4.90 Å². The number of aliphatic hydroxyl groups is 1. The van der Waals surface area contributed by atoms with E-state index in [-0.39, 0.29) is 50.3 Å². The summed E-state index contributed by atoms with van der Waals surface area (Å²) in [4.78, 5) is 49.3. The molecule has 3 heterocycles. The van der Waals surface area contributed by atoms with Crippen LogP contribution in [0.5, 0.6) is 0 Å². The van der Waals surface area contributed by atoms with E-state index in [1.54, 1.807) is 35.2 Å². The molecule has 318 valence electrons. The Morgan fingerprint density at radius 1 is 0.983 bits per heavy atom. The van der Waals surface area contributed by atoms with Gasteiger partial charge in [-0.1, -0.05) is 66.2 Å². The third kappa shape index (κ3) is 12.5. The van der Waals surface area contributed by atoms with E-state index in [0.717, 1.165) is 17.4 Å². The number of fused-ring (bicyclic) bond motifs is 1. The van der Waals surface area contributed by atoms with Crippen molar-refractivity contribution < 1.29 is 41.8 Å². The largest absolute Gasteiger partial charge is 0.444 e. The Bertz CT molecular complexity index is 2120. The van der Waals surface area contributed by atoms with E-state index in [9.17, 15) is 27.9 Å². The number of hydrogen-bond acceptors (Lipinski definition) is 10. The quantitative estimate of drug-likeness (QED) is 0.133. The van der Waals surface area contributed by atoms with Crippen LogP contribution in [-0.4, -0.2) is 102 Å². The molecule has 2 fully saturated rings. The number of halogens is 1. The highest BCUT2D eigenvalue weighted by Crippen LogP contribution is 2.29. The molecule has 0 aliphatic carbocycles. The third-order valence-corrected chi connectivity index (χ3v) is 11.6. The molecule has 16 heteroatoms. The maximum Gasteiger partial charge on any atom is 0.410 e. The molecule has 3 N–H and O–H groups in total. The van der Waals surface area contributed by atoms with Gasteiger partial charge < -0.3 is 34.1 Å². The molecular formula is C43H54ClN5O9S. The first-order valence-corrected chi connectivity index (χ1v) is 22.3. The van der Waals surface area contributed by atoms with Crippen LogP contribution in [-0.2, 0) is 42.1 Å². The van der Waals surface area contributed by atoms with Crippen molar-refractivity contribution in [3.63, 3.8) is 0 Å². The monoisotopic (exact) mass is 851 g/mol. The van der Waals surface area contributed by atoms with E-state index in [1.807, 2.05) is 69.3 Å². The maximum atomic E-state index is 14.6. The lowest BCUT2D eigenvalue weighted by molar-refractivity contribution is -0.140. The minimum absolute atomic E-state index is 0.0256. The number of hydrogen-bond donors (Lipinski definition) is 3. The van der Waals surface area contributed by atoms with Gasteiger partial charge in [-0.15, -0.1) is 0 Å². The van der Waals surface area contributed by atoms with E-state index < -0.39 is 57.8 Å². The van der Waals surface area contributed by atoms with Crippen molar-refractivity contribution in [2.75, 3.05) is 25.9 Å². The molecule has 0 spiro atoms. The number of sulfonamides is 1. The molecule has 3 amide bonds. The fourth-order valence-corrected chi connectivity index (χ4v) is 8.47. The van der Waals surface area contributed by atoms with Gasteiger partial charge in [-0.3, -0.25) is 9.59 Å². The van der Waals surface area contributed by atoms with E-state index in [0.29, 0.717) is 48.5 Å². The molecule has 59 heavy (non-hydrogen) atoms. The van der Waals surface area contributed by atoms with Gasteiger partial charge in [0.05, 0.1) is 25.0 Å². The number of para-hydroxylation sites is 2. The molecule has 14 nitrogen and oxygen atoms in total. The Hall–Kier alpha value is -4.54. The summed E-state index contributed by atoms with van der Waals surface area (Å²) in [6.45, 7) is 6.64. The normalized spacial score (nSPS) is 19.4. The minimum Gasteiger partial charge on any atom is -0.444 e. The second kappa shape index (κ2) is 19.2. The van der Waals surface area contributed by atoms with Gasteiger partial charge in [0.2, 0.25) is 27.7 Å². The van der Waals surface area contributed by atoms with Crippen molar-refractivity contribution in [3.05, 3.63) is 101 Å². The van der Waals surface area contributed by atoms with Crippen LogP contribution in [0, 0.1) is 5.92 Å². The van der Waals surface area contributed by atoms with E-state index >= 15 is 0 Å². The van der Waals surface area contributed by atoms with Crippen LogP contribution in [0.25, 0.3) is 11.1 Å².